The zero-order valence-electron chi connectivity index (χ0n) is 23.8. The van der Waals surface area contributed by atoms with Gasteiger partial charge in [-0.3, -0.25) is 9.59 Å². The first-order valence-electron chi connectivity index (χ1n) is 14.0. The molecule has 43 heavy (non-hydrogen) atoms. The van der Waals surface area contributed by atoms with Crippen LogP contribution in [0.3, 0.4) is 0 Å². The summed E-state index contributed by atoms with van der Waals surface area (Å²) in [6.07, 6.45) is -18.4. The number of carbonyl (C=O) groups is 2. The Labute approximate surface area is 247 Å². The Morgan fingerprint density at radius 3 is 2.00 bits per heavy atom. The molecule has 0 spiro atoms. The second-order valence-electron chi connectivity index (χ2n) is 11.3. The lowest BCUT2D eigenvalue weighted by atomic mass is 9.83. The summed E-state index contributed by atoms with van der Waals surface area (Å²) in [7, 11) is 0. The SMILES string of the molecule is C[C@H](N)C(=O)N[C@@H](C)C(=O)N[C@@H]1C[C@H](N)[C@@H](O[C@H]2O[C@H](CN)[C@@H](O)[C@H](O)[C@H]2O)[C@H](O)[C@H]1O[C@H]1O[C@H](CO)[C@@H](O)[C@H](N)[C@H]1O. The van der Waals surface area contributed by atoms with E-state index in [1.807, 2.05) is 0 Å². The second-order valence-corrected chi connectivity index (χ2v) is 11.3. The molecule has 17 atom stereocenters. The van der Waals surface area contributed by atoms with Crippen LogP contribution in [0.2, 0.25) is 0 Å². The van der Waals surface area contributed by atoms with Crippen LogP contribution in [0.25, 0.3) is 0 Å². The fraction of sp³-hybridized carbons (Fsp3) is 0.917. The van der Waals surface area contributed by atoms with Gasteiger partial charge in [0, 0.05) is 12.6 Å². The Bertz CT molecular complexity index is 934. The van der Waals surface area contributed by atoms with Crippen molar-refractivity contribution in [1.29, 1.82) is 0 Å². The van der Waals surface area contributed by atoms with Gasteiger partial charge in [0.15, 0.2) is 12.6 Å². The van der Waals surface area contributed by atoms with E-state index in [1.54, 1.807) is 0 Å². The Balaban J connectivity index is 1.85. The van der Waals surface area contributed by atoms with E-state index in [0.29, 0.717) is 0 Å². The second kappa shape index (κ2) is 15.1. The van der Waals surface area contributed by atoms with Crippen molar-refractivity contribution in [2.75, 3.05) is 13.2 Å². The van der Waals surface area contributed by atoms with Crippen molar-refractivity contribution in [3.8, 4) is 0 Å². The summed E-state index contributed by atoms with van der Waals surface area (Å²) < 4.78 is 22.7. The third-order valence-corrected chi connectivity index (χ3v) is 7.93. The number of rotatable bonds is 10. The smallest absolute Gasteiger partial charge is 0.242 e. The zero-order chi connectivity index (χ0) is 32.3. The molecule has 2 aliphatic heterocycles. The number of nitrogens with one attached hydrogen (secondary N) is 2. The average Bonchev–Trinajstić information content (AvgIpc) is 2.96. The number of nitrogens with two attached hydrogens (primary N) is 4. The van der Waals surface area contributed by atoms with Crippen molar-refractivity contribution >= 4 is 11.8 Å². The minimum absolute atomic E-state index is 0.138. The molecular formula is C24H46N6O13. The molecule has 1 aliphatic carbocycles. The van der Waals surface area contributed by atoms with Gasteiger partial charge < -0.3 is 88.3 Å². The molecule has 0 aromatic carbocycles. The molecule has 250 valence electrons. The van der Waals surface area contributed by atoms with Crippen LogP contribution in [-0.4, -0.2) is 165 Å². The van der Waals surface area contributed by atoms with Crippen LogP contribution in [0.4, 0.5) is 0 Å². The fourth-order valence-electron chi connectivity index (χ4n) is 5.22. The van der Waals surface area contributed by atoms with Crippen molar-refractivity contribution in [3.05, 3.63) is 0 Å². The summed E-state index contributed by atoms with van der Waals surface area (Å²) in [6, 6.07) is -5.45. The summed E-state index contributed by atoms with van der Waals surface area (Å²) in [5.74, 6) is -1.30. The summed E-state index contributed by atoms with van der Waals surface area (Å²) in [6.45, 7) is 1.90. The summed E-state index contributed by atoms with van der Waals surface area (Å²) in [4.78, 5) is 25.0. The van der Waals surface area contributed by atoms with E-state index >= 15 is 0 Å². The molecule has 17 N–H and O–H groups in total. The Morgan fingerprint density at radius 1 is 0.837 bits per heavy atom. The van der Waals surface area contributed by atoms with Crippen LogP contribution in [0, 0.1) is 0 Å². The lowest BCUT2D eigenvalue weighted by Crippen LogP contribution is -2.69. The van der Waals surface area contributed by atoms with Gasteiger partial charge in [0.2, 0.25) is 11.8 Å². The molecule has 0 radical (unpaired) electrons. The highest BCUT2D eigenvalue weighted by molar-refractivity contribution is 5.89. The molecule has 19 heteroatoms. The van der Waals surface area contributed by atoms with Crippen molar-refractivity contribution in [3.63, 3.8) is 0 Å². The first-order valence-corrected chi connectivity index (χ1v) is 14.0. The van der Waals surface area contributed by atoms with Crippen LogP contribution in [0.1, 0.15) is 20.3 Å². The molecule has 1 saturated carbocycles. The van der Waals surface area contributed by atoms with Gasteiger partial charge >= 0.3 is 0 Å². The van der Waals surface area contributed by atoms with Gasteiger partial charge in [-0.2, -0.15) is 0 Å². The minimum Gasteiger partial charge on any atom is -0.394 e. The number of ether oxygens (including phenoxy) is 4. The van der Waals surface area contributed by atoms with E-state index < -0.39 is 122 Å². The molecule has 19 nitrogen and oxygen atoms in total. The number of aliphatic hydroxyl groups is 7. The molecule has 3 rings (SSSR count). The predicted octanol–water partition coefficient (Wildman–Crippen LogP) is -8.28. The first kappa shape index (κ1) is 35.8. The summed E-state index contributed by atoms with van der Waals surface area (Å²) >= 11 is 0. The van der Waals surface area contributed by atoms with E-state index in [9.17, 15) is 45.3 Å². The molecule has 0 aromatic heterocycles. The normalized spacial score (nSPS) is 45.2. The Hall–Kier alpha value is -1.66. The molecular weight excluding hydrogens is 580 g/mol. The number of carbonyl (C=O) groups excluding carboxylic acids is 2. The van der Waals surface area contributed by atoms with Crippen LogP contribution < -0.4 is 33.6 Å². The van der Waals surface area contributed by atoms with E-state index in [2.05, 4.69) is 10.6 Å². The highest BCUT2D eigenvalue weighted by Crippen LogP contribution is 2.32. The molecule has 3 aliphatic rings. The first-order chi connectivity index (χ1) is 20.1. The van der Waals surface area contributed by atoms with Gasteiger partial charge in [-0.25, -0.2) is 0 Å². The number of aliphatic hydroxyl groups excluding tert-OH is 7. The van der Waals surface area contributed by atoms with Crippen LogP contribution in [0.15, 0.2) is 0 Å². The standard InChI is InChI=1S/C24H46N6O13/c1-6(26)21(38)29-7(2)22(39)30-9-3-8(27)19(42-24-17(36)16(35)14(33)10(4-25)40-24)18(37)20(9)43-23-15(34)12(28)13(32)11(5-31)41-23/h6-20,23-24,31-37H,3-5,25-28H2,1-2H3,(H,29,38)(H,30,39)/t6-,7-,8-,9+,10+,11+,12-,13+,14+,15+,16-,17+,18-,19+,20-,23+,24+/m0/s1. The van der Waals surface area contributed by atoms with Crippen LogP contribution in [-0.2, 0) is 28.5 Å². The van der Waals surface area contributed by atoms with Gasteiger partial charge in [0.1, 0.15) is 67.1 Å². The molecule has 2 saturated heterocycles. The van der Waals surface area contributed by atoms with E-state index in [-0.39, 0.29) is 13.0 Å². The van der Waals surface area contributed by atoms with Crippen molar-refractivity contribution in [1.82, 2.24) is 10.6 Å². The topological polar surface area (TPSA) is 341 Å². The van der Waals surface area contributed by atoms with Crippen LogP contribution in [0.5, 0.6) is 0 Å². The lowest BCUT2D eigenvalue weighted by molar-refractivity contribution is -0.332. The minimum atomic E-state index is -1.77. The molecule has 0 unspecified atom stereocenters. The van der Waals surface area contributed by atoms with Crippen molar-refractivity contribution < 1.29 is 64.3 Å². The fourth-order valence-corrected chi connectivity index (χ4v) is 5.22. The third-order valence-electron chi connectivity index (χ3n) is 7.93. The monoisotopic (exact) mass is 626 g/mol. The molecule has 0 aromatic rings. The maximum Gasteiger partial charge on any atom is 0.242 e. The number of hydrogen-bond acceptors (Lipinski definition) is 17. The lowest BCUT2D eigenvalue weighted by Gasteiger charge is -2.49. The maximum atomic E-state index is 13.0. The maximum absolute atomic E-state index is 13.0. The molecule has 0 bridgehead atoms. The highest BCUT2D eigenvalue weighted by Gasteiger charge is 2.52. The summed E-state index contributed by atoms with van der Waals surface area (Å²) in [5.41, 5.74) is 23.3. The average molecular weight is 627 g/mol. The Kier molecular flexibility index (Phi) is 12.6. The number of amides is 2. The van der Waals surface area contributed by atoms with E-state index in [1.165, 1.54) is 13.8 Å². The summed E-state index contributed by atoms with van der Waals surface area (Å²) in [5, 5.41) is 77.8. The van der Waals surface area contributed by atoms with Gasteiger partial charge in [0.25, 0.3) is 0 Å². The van der Waals surface area contributed by atoms with Gasteiger partial charge in [0.05, 0.1) is 24.7 Å². The zero-order valence-corrected chi connectivity index (χ0v) is 23.8. The predicted molar refractivity (Wildman–Crippen MR) is 143 cm³/mol. The quantitative estimate of drug-likeness (QED) is 0.107. The largest absolute Gasteiger partial charge is 0.394 e. The van der Waals surface area contributed by atoms with Gasteiger partial charge in [-0.1, -0.05) is 0 Å². The van der Waals surface area contributed by atoms with Crippen LogP contribution >= 0.6 is 0 Å². The van der Waals surface area contributed by atoms with Gasteiger partial charge in [-0.05, 0) is 20.3 Å². The number of hydrogen-bond donors (Lipinski definition) is 13. The molecule has 2 amide bonds. The molecule has 3 fully saturated rings. The Morgan fingerprint density at radius 2 is 1.42 bits per heavy atom. The molecule has 2 heterocycles. The van der Waals surface area contributed by atoms with Crippen molar-refractivity contribution in [2.45, 2.75) is 124 Å². The third kappa shape index (κ3) is 7.95. The van der Waals surface area contributed by atoms with E-state index in [0.717, 1.165) is 0 Å². The highest BCUT2D eigenvalue weighted by atomic mass is 16.7. The van der Waals surface area contributed by atoms with E-state index in [4.69, 9.17) is 41.9 Å². The van der Waals surface area contributed by atoms with Gasteiger partial charge in [-0.15, -0.1) is 0 Å². The van der Waals surface area contributed by atoms with Crippen molar-refractivity contribution in [2.24, 2.45) is 22.9 Å².